The lowest BCUT2D eigenvalue weighted by atomic mass is 10.0. The van der Waals surface area contributed by atoms with Crippen LogP contribution in [0.1, 0.15) is 24.3 Å². The van der Waals surface area contributed by atoms with E-state index >= 15 is 0 Å². The lowest BCUT2D eigenvalue weighted by Crippen LogP contribution is -2.89. The van der Waals surface area contributed by atoms with E-state index in [-0.39, 0.29) is 6.04 Å². The molecule has 0 radical (unpaired) electrons. The molecule has 0 fully saturated rings. The molecule has 3 heteroatoms. The van der Waals surface area contributed by atoms with Crippen LogP contribution in [0.5, 0.6) is 0 Å². The number of nitrogens with two attached hydrogens (primary N) is 1. The Bertz CT molecular complexity index is 458. The summed E-state index contributed by atoms with van der Waals surface area (Å²) in [4.78, 5) is 4.27. The van der Waals surface area contributed by atoms with Gasteiger partial charge in [-0.15, -0.1) is 0 Å². The number of pyridine rings is 1. The molecule has 2 atom stereocenters. The molecule has 94 valence electrons. The summed E-state index contributed by atoms with van der Waals surface area (Å²) in [5.74, 6) is 0. The summed E-state index contributed by atoms with van der Waals surface area (Å²) in [6.07, 6.45) is 1.34. The lowest BCUT2D eigenvalue weighted by molar-refractivity contribution is -0.709. The van der Waals surface area contributed by atoms with Crippen molar-refractivity contribution in [1.29, 1.82) is 0 Å². The smallest absolute Gasteiger partial charge is 0.130 e. The van der Waals surface area contributed by atoms with Gasteiger partial charge >= 0.3 is 0 Å². The summed E-state index contributed by atoms with van der Waals surface area (Å²) in [6.45, 7) is 2.81. The zero-order valence-electron chi connectivity index (χ0n) is 10.5. The minimum Gasteiger partial charge on any atom is -0.382 e. The number of benzene rings is 1. The average molecular weight is 243 g/mol. The van der Waals surface area contributed by atoms with E-state index in [9.17, 15) is 5.11 Å². The van der Waals surface area contributed by atoms with Crippen molar-refractivity contribution in [1.82, 2.24) is 4.98 Å². The van der Waals surface area contributed by atoms with Gasteiger partial charge in [-0.25, -0.2) is 0 Å². The van der Waals surface area contributed by atoms with Crippen LogP contribution in [0.2, 0.25) is 0 Å². The first-order valence-corrected chi connectivity index (χ1v) is 6.23. The highest BCUT2D eigenvalue weighted by molar-refractivity contribution is 5.17. The molecule has 2 rings (SSSR count). The molecule has 0 bridgehead atoms. The molecule has 0 saturated carbocycles. The van der Waals surface area contributed by atoms with E-state index in [4.69, 9.17) is 0 Å². The van der Waals surface area contributed by atoms with Crippen molar-refractivity contribution in [2.45, 2.75) is 25.6 Å². The maximum absolute atomic E-state index is 10.2. The Morgan fingerprint density at radius 3 is 2.50 bits per heavy atom. The fraction of sp³-hybridized carbons (Fsp3) is 0.267. The molecular formula is C15H19N2O+. The molecule has 18 heavy (non-hydrogen) atoms. The van der Waals surface area contributed by atoms with Crippen LogP contribution in [0, 0.1) is 0 Å². The van der Waals surface area contributed by atoms with E-state index in [1.165, 1.54) is 0 Å². The van der Waals surface area contributed by atoms with E-state index in [2.05, 4.69) is 10.3 Å². The zero-order valence-corrected chi connectivity index (χ0v) is 10.5. The third-order valence-electron chi connectivity index (χ3n) is 3.06. The minimum atomic E-state index is -0.449. The normalized spacial score (nSPS) is 14.1. The number of hydrogen-bond acceptors (Lipinski definition) is 2. The van der Waals surface area contributed by atoms with Crippen molar-refractivity contribution in [3.8, 4) is 0 Å². The number of nitrogens with zero attached hydrogens (tertiary/aromatic N) is 1. The van der Waals surface area contributed by atoms with Gasteiger partial charge in [0.2, 0.25) is 0 Å². The highest BCUT2D eigenvalue weighted by atomic mass is 16.3. The van der Waals surface area contributed by atoms with E-state index < -0.39 is 6.10 Å². The molecule has 3 N–H and O–H groups in total. The Labute approximate surface area is 108 Å². The quantitative estimate of drug-likeness (QED) is 0.831. The number of aromatic nitrogens is 1. The molecule has 1 aromatic heterocycles. The standard InChI is InChI=1S/C15H18N2O/c1-12(15(18)13-7-3-2-4-8-13)17-11-14-9-5-6-10-16-14/h2-10,12,15,17-18H,11H2,1H3/p+1/t12-,15+/m0/s1. The number of hydrogen-bond donors (Lipinski definition) is 2. The third-order valence-corrected chi connectivity index (χ3v) is 3.06. The van der Waals surface area contributed by atoms with Crippen LogP contribution in [0.3, 0.4) is 0 Å². The third kappa shape index (κ3) is 3.39. The van der Waals surface area contributed by atoms with Crippen LogP contribution in [0.4, 0.5) is 0 Å². The topological polar surface area (TPSA) is 49.7 Å². The van der Waals surface area contributed by atoms with Crippen molar-refractivity contribution in [3.05, 3.63) is 66.0 Å². The summed E-state index contributed by atoms with van der Waals surface area (Å²) in [7, 11) is 0. The Hall–Kier alpha value is -1.71. The second-order valence-electron chi connectivity index (χ2n) is 4.48. The van der Waals surface area contributed by atoms with Gasteiger partial charge in [-0.05, 0) is 24.6 Å². The Kier molecular flexibility index (Phi) is 4.45. The lowest BCUT2D eigenvalue weighted by Gasteiger charge is -2.17. The maximum atomic E-state index is 10.2. The van der Waals surface area contributed by atoms with Crippen LogP contribution < -0.4 is 5.32 Å². The Morgan fingerprint density at radius 2 is 1.83 bits per heavy atom. The van der Waals surface area contributed by atoms with Crippen molar-refractivity contribution < 1.29 is 10.4 Å². The number of rotatable bonds is 5. The van der Waals surface area contributed by atoms with Crippen molar-refractivity contribution in [2.24, 2.45) is 0 Å². The van der Waals surface area contributed by atoms with Gasteiger partial charge in [0.25, 0.3) is 0 Å². The summed E-state index contributed by atoms with van der Waals surface area (Å²) in [5, 5.41) is 12.3. The number of aliphatic hydroxyl groups excluding tert-OH is 1. The fourth-order valence-corrected chi connectivity index (χ4v) is 1.91. The SMILES string of the molecule is C[C@H]([NH2+]Cc1ccccn1)[C@@H](O)c1ccccc1. The number of quaternary nitrogens is 1. The van der Waals surface area contributed by atoms with Crippen LogP contribution in [-0.4, -0.2) is 16.1 Å². The minimum absolute atomic E-state index is 0.106. The maximum Gasteiger partial charge on any atom is 0.130 e. The largest absolute Gasteiger partial charge is 0.382 e. The molecule has 0 aliphatic carbocycles. The molecule has 3 nitrogen and oxygen atoms in total. The molecule has 0 aliphatic heterocycles. The van der Waals surface area contributed by atoms with Crippen molar-refractivity contribution >= 4 is 0 Å². The summed E-state index contributed by atoms with van der Waals surface area (Å²) in [6, 6.07) is 15.8. The molecule has 0 saturated heterocycles. The highest BCUT2D eigenvalue weighted by Crippen LogP contribution is 2.13. The van der Waals surface area contributed by atoms with Gasteiger partial charge in [0.05, 0.1) is 5.69 Å². The van der Waals surface area contributed by atoms with Crippen molar-refractivity contribution in [2.75, 3.05) is 0 Å². The molecule has 1 aromatic carbocycles. The van der Waals surface area contributed by atoms with Gasteiger partial charge in [0.1, 0.15) is 18.7 Å². The van der Waals surface area contributed by atoms with Crippen LogP contribution in [-0.2, 0) is 6.54 Å². The Morgan fingerprint density at radius 1 is 1.11 bits per heavy atom. The van der Waals surface area contributed by atoms with E-state index in [0.717, 1.165) is 17.8 Å². The fourth-order valence-electron chi connectivity index (χ4n) is 1.91. The zero-order chi connectivity index (χ0) is 12.8. The second kappa shape index (κ2) is 6.28. The molecule has 0 aliphatic rings. The first-order chi connectivity index (χ1) is 8.77. The van der Waals surface area contributed by atoms with E-state index in [1.54, 1.807) is 6.20 Å². The van der Waals surface area contributed by atoms with Gasteiger partial charge < -0.3 is 10.4 Å². The first kappa shape index (κ1) is 12.7. The van der Waals surface area contributed by atoms with Crippen LogP contribution in [0.15, 0.2) is 54.7 Å². The van der Waals surface area contributed by atoms with E-state index in [1.807, 2.05) is 55.5 Å². The molecule has 0 amide bonds. The summed E-state index contributed by atoms with van der Waals surface area (Å²) >= 11 is 0. The van der Waals surface area contributed by atoms with E-state index in [0.29, 0.717) is 0 Å². The van der Waals surface area contributed by atoms with Gasteiger partial charge in [-0.1, -0.05) is 36.4 Å². The van der Waals surface area contributed by atoms with Gasteiger partial charge in [0.15, 0.2) is 0 Å². The number of aliphatic hydroxyl groups is 1. The summed E-state index contributed by atoms with van der Waals surface area (Å²) < 4.78 is 0. The molecule has 0 spiro atoms. The molecular weight excluding hydrogens is 224 g/mol. The van der Waals surface area contributed by atoms with Gasteiger partial charge in [-0.3, -0.25) is 4.98 Å². The van der Waals surface area contributed by atoms with Gasteiger partial charge in [-0.2, -0.15) is 0 Å². The molecule has 1 heterocycles. The molecule has 0 unspecified atom stereocenters. The Balaban J connectivity index is 1.90. The molecule has 2 aromatic rings. The second-order valence-corrected chi connectivity index (χ2v) is 4.48. The first-order valence-electron chi connectivity index (χ1n) is 6.23. The predicted molar refractivity (Wildman–Crippen MR) is 70.7 cm³/mol. The summed E-state index contributed by atoms with van der Waals surface area (Å²) in [5.41, 5.74) is 1.99. The van der Waals surface area contributed by atoms with Crippen LogP contribution in [0.25, 0.3) is 0 Å². The predicted octanol–water partition coefficient (Wildman–Crippen LogP) is 1.27. The average Bonchev–Trinajstić information content (AvgIpc) is 2.46. The van der Waals surface area contributed by atoms with Crippen molar-refractivity contribution in [3.63, 3.8) is 0 Å². The monoisotopic (exact) mass is 243 g/mol. The highest BCUT2D eigenvalue weighted by Gasteiger charge is 2.18. The van der Waals surface area contributed by atoms with Gasteiger partial charge in [0, 0.05) is 6.20 Å². The van der Waals surface area contributed by atoms with Crippen LogP contribution >= 0.6 is 0 Å².